The predicted molar refractivity (Wildman–Crippen MR) is 97.6 cm³/mol. The van der Waals surface area contributed by atoms with Gasteiger partial charge in [-0.3, -0.25) is 9.78 Å². The SMILES string of the molecule is Cn1nnc(-c2ccc(C(=O)N3C[C@@H](Cc4ccncc4)[C@@H](O)C3)cc2)n1. The molecular weight excluding hydrogens is 344 g/mol. The van der Waals surface area contributed by atoms with Gasteiger partial charge in [0.15, 0.2) is 0 Å². The van der Waals surface area contributed by atoms with Gasteiger partial charge in [0.2, 0.25) is 5.82 Å². The van der Waals surface area contributed by atoms with Crippen molar-refractivity contribution in [2.45, 2.75) is 12.5 Å². The number of aliphatic hydroxyl groups is 1. The second kappa shape index (κ2) is 7.24. The third-order valence-electron chi connectivity index (χ3n) is 4.84. The van der Waals surface area contributed by atoms with Crippen molar-refractivity contribution < 1.29 is 9.90 Å². The second-order valence-electron chi connectivity index (χ2n) is 6.78. The van der Waals surface area contributed by atoms with E-state index >= 15 is 0 Å². The molecule has 1 aliphatic heterocycles. The third kappa shape index (κ3) is 3.70. The van der Waals surface area contributed by atoms with E-state index in [1.807, 2.05) is 24.3 Å². The lowest BCUT2D eigenvalue weighted by atomic mass is 9.97. The fourth-order valence-corrected chi connectivity index (χ4v) is 3.39. The van der Waals surface area contributed by atoms with Crippen molar-refractivity contribution in [2.24, 2.45) is 13.0 Å². The number of hydrogen-bond acceptors (Lipinski definition) is 6. The van der Waals surface area contributed by atoms with E-state index in [4.69, 9.17) is 0 Å². The monoisotopic (exact) mass is 364 g/mol. The molecule has 138 valence electrons. The van der Waals surface area contributed by atoms with Crippen LogP contribution >= 0.6 is 0 Å². The van der Waals surface area contributed by atoms with E-state index < -0.39 is 6.10 Å². The topological polar surface area (TPSA) is 97.0 Å². The second-order valence-corrected chi connectivity index (χ2v) is 6.78. The van der Waals surface area contributed by atoms with E-state index in [1.165, 1.54) is 4.80 Å². The summed E-state index contributed by atoms with van der Waals surface area (Å²) in [6.07, 6.45) is 3.69. The number of carbonyl (C=O) groups is 1. The van der Waals surface area contributed by atoms with E-state index in [-0.39, 0.29) is 11.8 Å². The number of β-amino-alcohol motifs (C(OH)–C–C–N with tert-alkyl or cyclic N) is 1. The lowest BCUT2D eigenvalue weighted by Crippen LogP contribution is -2.29. The molecule has 27 heavy (non-hydrogen) atoms. The summed E-state index contributed by atoms with van der Waals surface area (Å²) in [6.45, 7) is 0.887. The minimum absolute atomic E-state index is 0.0272. The van der Waals surface area contributed by atoms with Gasteiger partial charge in [-0.2, -0.15) is 4.80 Å². The van der Waals surface area contributed by atoms with Gasteiger partial charge in [-0.1, -0.05) is 12.1 Å². The quantitative estimate of drug-likeness (QED) is 0.740. The smallest absolute Gasteiger partial charge is 0.253 e. The summed E-state index contributed by atoms with van der Waals surface area (Å²) in [5.41, 5.74) is 2.50. The van der Waals surface area contributed by atoms with Crippen LogP contribution in [-0.2, 0) is 13.5 Å². The summed E-state index contributed by atoms with van der Waals surface area (Å²) >= 11 is 0. The van der Waals surface area contributed by atoms with Crippen LogP contribution in [0.3, 0.4) is 0 Å². The van der Waals surface area contributed by atoms with Crippen molar-refractivity contribution in [2.75, 3.05) is 13.1 Å². The minimum Gasteiger partial charge on any atom is -0.391 e. The predicted octanol–water partition coefficient (Wildman–Crippen LogP) is 0.948. The largest absolute Gasteiger partial charge is 0.391 e. The molecule has 0 aliphatic carbocycles. The van der Waals surface area contributed by atoms with Gasteiger partial charge in [0, 0.05) is 42.5 Å². The molecule has 1 amide bonds. The molecule has 1 aromatic carbocycles. The van der Waals surface area contributed by atoms with Gasteiger partial charge in [-0.25, -0.2) is 0 Å². The molecule has 8 heteroatoms. The number of carbonyl (C=O) groups excluding carboxylic acids is 1. The number of rotatable bonds is 4. The van der Waals surface area contributed by atoms with Gasteiger partial charge >= 0.3 is 0 Å². The first-order valence-electron chi connectivity index (χ1n) is 8.81. The molecule has 0 radical (unpaired) electrons. The molecule has 0 spiro atoms. The fraction of sp³-hybridized carbons (Fsp3) is 0.316. The van der Waals surface area contributed by atoms with Crippen molar-refractivity contribution >= 4 is 5.91 Å². The van der Waals surface area contributed by atoms with Crippen LogP contribution in [0, 0.1) is 5.92 Å². The Morgan fingerprint density at radius 1 is 1.15 bits per heavy atom. The first kappa shape index (κ1) is 17.3. The molecular formula is C19H20N6O2. The maximum atomic E-state index is 12.8. The van der Waals surface area contributed by atoms with Crippen LogP contribution in [-0.4, -0.2) is 60.3 Å². The van der Waals surface area contributed by atoms with Gasteiger partial charge in [-0.15, -0.1) is 10.2 Å². The number of aliphatic hydroxyl groups excluding tert-OH is 1. The van der Waals surface area contributed by atoms with E-state index in [1.54, 1.807) is 36.5 Å². The number of nitrogens with zero attached hydrogens (tertiary/aromatic N) is 6. The first-order chi connectivity index (χ1) is 13.1. The zero-order valence-electron chi connectivity index (χ0n) is 14.9. The highest BCUT2D eigenvalue weighted by molar-refractivity contribution is 5.94. The molecule has 1 saturated heterocycles. The summed E-state index contributed by atoms with van der Waals surface area (Å²) in [7, 11) is 1.70. The average Bonchev–Trinajstić information content (AvgIpc) is 3.28. The van der Waals surface area contributed by atoms with Crippen molar-refractivity contribution in [1.82, 2.24) is 30.1 Å². The molecule has 2 atom stereocenters. The Morgan fingerprint density at radius 2 is 1.89 bits per heavy atom. The summed E-state index contributed by atoms with van der Waals surface area (Å²) in [5.74, 6) is 0.467. The lowest BCUT2D eigenvalue weighted by Gasteiger charge is -2.16. The molecule has 3 aromatic rings. The molecule has 0 saturated carbocycles. The highest BCUT2D eigenvalue weighted by atomic mass is 16.3. The molecule has 1 aliphatic rings. The minimum atomic E-state index is -0.523. The number of aromatic nitrogens is 5. The Bertz CT molecular complexity index is 925. The van der Waals surface area contributed by atoms with Gasteiger partial charge in [0.1, 0.15) is 0 Å². The molecule has 0 bridgehead atoms. The fourth-order valence-electron chi connectivity index (χ4n) is 3.39. The van der Waals surface area contributed by atoms with Gasteiger partial charge < -0.3 is 10.0 Å². The van der Waals surface area contributed by atoms with Crippen LogP contribution < -0.4 is 0 Å². The van der Waals surface area contributed by atoms with Crippen LogP contribution in [0.1, 0.15) is 15.9 Å². The van der Waals surface area contributed by atoms with Crippen molar-refractivity contribution in [1.29, 1.82) is 0 Å². The molecule has 4 rings (SSSR count). The van der Waals surface area contributed by atoms with Gasteiger partial charge in [-0.05, 0) is 41.5 Å². The highest BCUT2D eigenvalue weighted by Gasteiger charge is 2.34. The summed E-state index contributed by atoms with van der Waals surface area (Å²) < 4.78 is 0. The van der Waals surface area contributed by atoms with Gasteiger partial charge in [0.25, 0.3) is 5.91 Å². The Balaban J connectivity index is 1.43. The maximum absolute atomic E-state index is 12.8. The van der Waals surface area contributed by atoms with E-state index in [9.17, 15) is 9.90 Å². The molecule has 3 heterocycles. The van der Waals surface area contributed by atoms with E-state index in [0.717, 1.165) is 17.5 Å². The number of pyridine rings is 1. The summed E-state index contributed by atoms with van der Waals surface area (Å²) in [6, 6.07) is 11.0. The number of hydrogen-bond donors (Lipinski definition) is 1. The molecule has 0 unspecified atom stereocenters. The van der Waals surface area contributed by atoms with Crippen LogP contribution in [0.2, 0.25) is 0 Å². The van der Waals surface area contributed by atoms with Crippen LogP contribution in [0.4, 0.5) is 0 Å². The highest BCUT2D eigenvalue weighted by Crippen LogP contribution is 2.24. The van der Waals surface area contributed by atoms with Gasteiger partial charge in [0.05, 0.1) is 13.2 Å². The number of amides is 1. The number of likely N-dealkylation sites (tertiary alicyclic amines) is 1. The van der Waals surface area contributed by atoms with Crippen molar-refractivity contribution in [3.63, 3.8) is 0 Å². The first-order valence-corrected chi connectivity index (χ1v) is 8.81. The van der Waals surface area contributed by atoms with Crippen molar-refractivity contribution in [3.8, 4) is 11.4 Å². The Hall–Kier alpha value is -3.13. The molecule has 2 aromatic heterocycles. The Kier molecular flexibility index (Phi) is 4.64. The Labute approximate surface area is 156 Å². The number of aryl methyl sites for hydroxylation is 1. The molecule has 8 nitrogen and oxygen atoms in total. The van der Waals surface area contributed by atoms with Crippen LogP contribution in [0.15, 0.2) is 48.8 Å². The zero-order valence-corrected chi connectivity index (χ0v) is 14.9. The number of tetrazole rings is 1. The van der Waals surface area contributed by atoms with Crippen LogP contribution in [0.25, 0.3) is 11.4 Å². The molecule has 1 fully saturated rings. The number of benzene rings is 1. The van der Waals surface area contributed by atoms with Crippen molar-refractivity contribution in [3.05, 3.63) is 59.9 Å². The average molecular weight is 364 g/mol. The van der Waals surface area contributed by atoms with Crippen LogP contribution in [0.5, 0.6) is 0 Å². The zero-order chi connectivity index (χ0) is 18.8. The maximum Gasteiger partial charge on any atom is 0.253 e. The lowest BCUT2D eigenvalue weighted by molar-refractivity contribution is 0.0764. The molecule has 1 N–H and O–H groups in total. The summed E-state index contributed by atoms with van der Waals surface area (Å²) in [5, 5.41) is 22.3. The Morgan fingerprint density at radius 3 is 2.56 bits per heavy atom. The van der Waals surface area contributed by atoms with E-state index in [0.29, 0.717) is 24.5 Å². The standard InChI is InChI=1S/C19H20N6O2/c1-24-22-18(21-23-24)14-2-4-15(5-3-14)19(27)25-11-16(17(26)12-25)10-13-6-8-20-9-7-13/h2-9,16-17,26H,10-12H2,1H3/t16-,17+/m1/s1. The normalized spacial score (nSPS) is 19.4. The summed E-state index contributed by atoms with van der Waals surface area (Å²) in [4.78, 5) is 19.9. The third-order valence-corrected chi connectivity index (χ3v) is 4.84. The van der Waals surface area contributed by atoms with E-state index in [2.05, 4.69) is 20.4 Å².